The molecule has 1 aliphatic carbocycles. The van der Waals surface area contributed by atoms with E-state index in [0.29, 0.717) is 31.9 Å². The molecule has 0 bridgehead atoms. The van der Waals surface area contributed by atoms with E-state index < -0.39 is 11.9 Å². The van der Waals surface area contributed by atoms with E-state index >= 15 is 0 Å². The molecule has 100 valence electrons. The molecule has 2 saturated heterocycles. The zero-order chi connectivity index (χ0) is 12.7. The highest BCUT2D eigenvalue weighted by Crippen LogP contribution is 2.41. The molecule has 0 radical (unpaired) electrons. The first-order valence-electron chi connectivity index (χ1n) is 6.80. The molecule has 2 heterocycles. The van der Waals surface area contributed by atoms with Crippen LogP contribution >= 0.6 is 0 Å². The highest BCUT2D eigenvalue weighted by atomic mass is 16.5. The Morgan fingerprint density at radius 3 is 2.72 bits per heavy atom. The van der Waals surface area contributed by atoms with E-state index in [1.165, 1.54) is 12.8 Å². The van der Waals surface area contributed by atoms with Crippen LogP contribution in [0.15, 0.2) is 0 Å². The van der Waals surface area contributed by atoms with Gasteiger partial charge in [-0.3, -0.25) is 9.59 Å². The third-order valence-corrected chi connectivity index (χ3v) is 4.38. The first-order valence-corrected chi connectivity index (χ1v) is 6.80. The maximum atomic E-state index is 12.0. The Balaban J connectivity index is 1.72. The Morgan fingerprint density at radius 2 is 2.06 bits per heavy atom. The maximum absolute atomic E-state index is 12.0. The molecule has 0 spiro atoms. The number of carbonyl (C=O) groups excluding carboxylic acids is 1. The second-order valence-electron chi connectivity index (χ2n) is 5.65. The van der Waals surface area contributed by atoms with Crippen LogP contribution in [0.5, 0.6) is 0 Å². The smallest absolute Gasteiger partial charge is 0.308 e. The highest BCUT2D eigenvalue weighted by molar-refractivity contribution is 5.80. The topological polar surface area (TPSA) is 66.8 Å². The van der Waals surface area contributed by atoms with Gasteiger partial charge in [-0.05, 0) is 31.6 Å². The van der Waals surface area contributed by atoms with Gasteiger partial charge in [0.2, 0.25) is 5.91 Å². The minimum atomic E-state index is -0.783. The van der Waals surface area contributed by atoms with Crippen LogP contribution in [0.3, 0.4) is 0 Å². The summed E-state index contributed by atoms with van der Waals surface area (Å²) in [5, 5.41) is 9.10. The van der Waals surface area contributed by atoms with Crippen molar-refractivity contribution in [1.29, 1.82) is 0 Å². The number of aliphatic carboxylic acids is 1. The lowest BCUT2D eigenvalue weighted by molar-refractivity contribution is -0.149. The van der Waals surface area contributed by atoms with E-state index in [-0.39, 0.29) is 18.1 Å². The van der Waals surface area contributed by atoms with Crippen molar-refractivity contribution in [2.45, 2.75) is 44.2 Å². The molecular weight excluding hydrogens is 234 g/mol. The number of rotatable bonds is 3. The summed E-state index contributed by atoms with van der Waals surface area (Å²) in [6, 6.07) is 0.118. The van der Waals surface area contributed by atoms with Gasteiger partial charge in [-0.15, -0.1) is 0 Å². The first kappa shape index (κ1) is 12.0. The van der Waals surface area contributed by atoms with Crippen molar-refractivity contribution in [2.75, 3.05) is 13.2 Å². The van der Waals surface area contributed by atoms with Crippen LogP contribution < -0.4 is 0 Å². The van der Waals surface area contributed by atoms with Crippen molar-refractivity contribution in [3.63, 3.8) is 0 Å². The lowest BCUT2D eigenvalue weighted by Gasteiger charge is -2.37. The molecule has 5 nitrogen and oxygen atoms in total. The third kappa shape index (κ3) is 2.11. The van der Waals surface area contributed by atoms with Gasteiger partial charge in [0, 0.05) is 19.6 Å². The predicted octanol–water partition coefficient (Wildman–Crippen LogP) is 0.877. The molecule has 1 saturated carbocycles. The summed E-state index contributed by atoms with van der Waals surface area (Å²) in [5.74, 6) is -0.485. The van der Waals surface area contributed by atoms with Crippen LogP contribution in [0.1, 0.15) is 32.1 Å². The van der Waals surface area contributed by atoms with E-state index in [2.05, 4.69) is 0 Å². The van der Waals surface area contributed by atoms with Crippen molar-refractivity contribution >= 4 is 11.9 Å². The number of carbonyl (C=O) groups is 2. The summed E-state index contributed by atoms with van der Waals surface area (Å²) >= 11 is 0. The standard InChI is InChI=1S/C13H19NO4/c15-11-4-3-9(13(16)17)7-14(11)10-5-6-18-12(10)8-1-2-8/h8-10,12H,1-7H2,(H,16,17). The van der Waals surface area contributed by atoms with Crippen molar-refractivity contribution in [3.8, 4) is 0 Å². The Bertz CT molecular complexity index is 366. The largest absolute Gasteiger partial charge is 0.481 e. The number of nitrogens with zero attached hydrogens (tertiary/aromatic N) is 1. The summed E-state index contributed by atoms with van der Waals surface area (Å²) in [7, 11) is 0. The molecule has 5 heteroatoms. The molecule has 3 rings (SSSR count). The molecule has 3 unspecified atom stereocenters. The van der Waals surface area contributed by atoms with E-state index in [0.717, 1.165) is 6.42 Å². The van der Waals surface area contributed by atoms with Crippen LogP contribution in [0.25, 0.3) is 0 Å². The number of carboxylic acids is 1. The molecule has 0 aromatic carbocycles. The van der Waals surface area contributed by atoms with Crippen LogP contribution in [-0.2, 0) is 14.3 Å². The summed E-state index contributed by atoms with van der Waals surface area (Å²) in [5.41, 5.74) is 0. The second-order valence-corrected chi connectivity index (χ2v) is 5.65. The monoisotopic (exact) mass is 253 g/mol. The molecular formula is C13H19NO4. The van der Waals surface area contributed by atoms with Gasteiger partial charge >= 0.3 is 5.97 Å². The van der Waals surface area contributed by atoms with Crippen molar-refractivity contribution in [3.05, 3.63) is 0 Å². The van der Waals surface area contributed by atoms with Gasteiger partial charge in [0.05, 0.1) is 18.1 Å². The van der Waals surface area contributed by atoms with Crippen LogP contribution in [0, 0.1) is 11.8 Å². The molecule has 1 N–H and O–H groups in total. The Morgan fingerprint density at radius 1 is 1.28 bits per heavy atom. The average molecular weight is 253 g/mol. The van der Waals surface area contributed by atoms with Crippen molar-refractivity contribution in [1.82, 2.24) is 4.90 Å². The minimum Gasteiger partial charge on any atom is -0.481 e. The molecule has 3 fully saturated rings. The quantitative estimate of drug-likeness (QED) is 0.810. The number of amides is 1. The molecule has 1 amide bonds. The SMILES string of the molecule is O=C(O)C1CCC(=O)N(C2CCOC2C2CC2)C1. The highest BCUT2D eigenvalue weighted by Gasteiger charge is 2.46. The van der Waals surface area contributed by atoms with E-state index in [4.69, 9.17) is 9.84 Å². The fourth-order valence-corrected chi connectivity index (χ4v) is 3.20. The van der Waals surface area contributed by atoms with Gasteiger partial charge in [0.15, 0.2) is 0 Å². The van der Waals surface area contributed by atoms with E-state index in [1.807, 2.05) is 0 Å². The van der Waals surface area contributed by atoms with Gasteiger partial charge in [-0.25, -0.2) is 0 Å². The Kier molecular flexibility index (Phi) is 3.01. The van der Waals surface area contributed by atoms with Gasteiger partial charge in [-0.1, -0.05) is 0 Å². The van der Waals surface area contributed by atoms with Crippen LogP contribution in [0.2, 0.25) is 0 Å². The maximum Gasteiger partial charge on any atom is 0.308 e. The molecule has 2 aliphatic heterocycles. The minimum absolute atomic E-state index is 0.105. The third-order valence-electron chi connectivity index (χ3n) is 4.38. The van der Waals surface area contributed by atoms with Gasteiger partial charge < -0.3 is 14.7 Å². The zero-order valence-corrected chi connectivity index (χ0v) is 10.4. The molecule has 3 atom stereocenters. The fourth-order valence-electron chi connectivity index (χ4n) is 3.20. The summed E-state index contributed by atoms with van der Waals surface area (Å²) < 4.78 is 5.75. The van der Waals surface area contributed by atoms with Crippen LogP contribution in [-0.4, -0.2) is 47.2 Å². The zero-order valence-electron chi connectivity index (χ0n) is 10.4. The van der Waals surface area contributed by atoms with E-state index in [9.17, 15) is 9.59 Å². The van der Waals surface area contributed by atoms with E-state index in [1.54, 1.807) is 4.90 Å². The van der Waals surface area contributed by atoms with Gasteiger partial charge in [-0.2, -0.15) is 0 Å². The number of likely N-dealkylation sites (tertiary alicyclic amines) is 1. The predicted molar refractivity (Wildman–Crippen MR) is 62.9 cm³/mol. The Labute approximate surface area is 106 Å². The fraction of sp³-hybridized carbons (Fsp3) is 0.846. The molecule has 0 aromatic heterocycles. The Hall–Kier alpha value is -1.10. The lowest BCUT2D eigenvalue weighted by Crippen LogP contribution is -2.51. The van der Waals surface area contributed by atoms with Crippen molar-refractivity contribution in [2.24, 2.45) is 11.8 Å². The molecule has 0 aromatic rings. The van der Waals surface area contributed by atoms with Crippen LogP contribution in [0.4, 0.5) is 0 Å². The number of carboxylic acid groups (broad SMARTS) is 1. The summed E-state index contributed by atoms with van der Waals surface area (Å²) in [6.45, 7) is 1.07. The number of piperidine rings is 1. The number of hydrogen-bond acceptors (Lipinski definition) is 3. The molecule has 18 heavy (non-hydrogen) atoms. The van der Waals surface area contributed by atoms with Gasteiger partial charge in [0.1, 0.15) is 0 Å². The summed E-state index contributed by atoms with van der Waals surface area (Å²) in [4.78, 5) is 24.9. The second kappa shape index (κ2) is 4.53. The number of hydrogen-bond donors (Lipinski definition) is 1. The lowest BCUT2D eigenvalue weighted by atomic mass is 9.94. The average Bonchev–Trinajstić information content (AvgIpc) is 3.08. The number of ether oxygens (including phenoxy) is 1. The summed E-state index contributed by atoms with van der Waals surface area (Å²) in [6.07, 6.45) is 4.23. The van der Waals surface area contributed by atoms with Crippen molar-refractivity contribution < 1.29 is 19.4 Å². The van der Waals surface area contributed by atoms with Gasteiger partial charge in [0.25, 0.3) is 0 Å². The first-order chi connectivity index (χ1) is 8.66. The normalized spacial score (nSPS) is 37.0. The molecule has 3 aliphatic rings.